The Morgan fingerprint density at radius 1 is 1.45 bits per heavy atom. The molecule has 2 aromatic rings. The van der Waals surface area contributed by atoms with Gasteiger partial charge in [-0.05, 0) is 36.1 Å². The minimum absolute atomic E-state index is 0.0923. The summed E-state index contributed by atoms with van der Waals surface area (Å²) in [5.74, 6) is -0.275. The van der Waals surface area contributed by atoms with Gasteiger partial charge < -0.3 is 9.64 Å². The van der Waals surface area contributed by atoms with Gasteiger partial charge >= 0.3 is 0 Å². The number of nitrogens with one attached hydrogen (secondary N) is 1. The van der Waals surface area contributed by atoms with E-state index in [1.54, 1.807) is 6.07 Å². The quantitative estimate of drug-likeness (QED) is 0.913. The molecule has 116 valence electrons. The fourth-order valence-electron chi connectivity index (χ4n) is 2.85. The molecule has 0 bridgehead atoms. The third-order valence-electron chi connectivity index (χ3n) is 4.05. The van der Waals surface area contributed by atoms with E-state index in [1.165, 1.54) is 0 Å². The van der Waals surface area contributed by atoms with E-state index in [2.05, 4.69) is 25.5 Å². The smallest absolute Gasteiger partial charge is 0.209 e. The van der Waals surface area contributed by atoms with Crippen LogP contribution in [0.4, 0.5) is 10.1 Å². The molecule has 8 heteroatoms. The van der Waals surface area contributed by atoms with Crippen molar-refractivity contribution >= 4 is 17.3 Å². The molecule has 6 nitrogen and oxygen atoms in total. The molecule has 0 spiro atoms. The Hall–Kier alpha value is -1.73. The highest BCUT2D eigenvalue weighted by Gasteiger charge is 2.30. The van der Waals surface area contributed by atoms with E-state index < -0.39 is 5.82 Å². The number of ether oxygens (including phenoxy) is 1. The molecule has 1 saturated carbocycles. The molecule has 0 radical (unpaired) electrons. The number of H-pyrrole nitrogens is 1. The number of tetrazole rings is 1. The van der Waals surface area contributed by atoms with Crippen LogP contribution in [-0.4, -0.2) is 46.4 Å². The predicted octanol–water partition coefficient (Wildman–Crippen LogP) is 2.20. The number of halogens is 2. The highest BCUT2D eigenvalue weighted by Crippen LogP contribution is 2.41. The molecular formula is C14H15ClFN5O. The third kappa shape index (κ3) is 2.44. The highest BCUT2D eigenvalue weighted by atomic mass is 35.5. The predicted molar refractivity (Wildman–Crippen MR) is 79.5 cm³/mol. The molecule has 0 unspecified atom stereocenters. The second-order valence-corrected chi connectivity index (χ2v) is 6.00. The molecular weight excluding hydrogens is 309 g/mol. The molecule has 2 heterocycles. The van der Waals surface area contributed by atoms with Crippen molar-refractivity contribution in [3.8, 4) is 11.4 Å². The number of nitrogens with zero attached hydrogens (tertiary/aromatic N) is 4. The molecule has 0 atom stereocenters. The lowest BCUT2D eigenvalue weighted by molar-refractivity contribution is 0.126. The number of hydrogen-bond acceptors (Lipinski definition) is 5. The number of aromatic amines is 1. The highest BCUT2D eigenvalue weighted by molar-refractivity contribution is 6.31. The fourth-order valence-corrected chi connectivity index (χ4v) is 3.07. The zero-order chi connectivity index (χ0) is 15.1. The first-order chi connectivity index (χ1) is 10.7. The summed E-state index contributed by atoms with van der Waals surface area (Å²) in [6, 6.07) is 1.69. The summed E-state index contributed by atoms with van der Waals surface area (Å²) in [6.45, 7) is 2.17. The van der Waals surface area contributed by atoms with Crippen molar-refractivity contribution in [1.29, 1.82) is 0 Å². The van der Waals surface area contributed by atoms with Crippen LogP contribution in [0.2, 0.25) is 5.02 Å². The number of aromatic nitrogens is 4. The van der Waals surface area contributed by atoms with Crippen LogP contribution < -0.4 is 4.90 Å². The monoisotopic (exact) mass is 323 g/mol. The maximum absolute atomic E-state index is 14.5. The lowest BCUT2D eigenvalue weighted by atomic mass is 10.1. The first-order valence-electron chi connectivity index (χ1n) is 7.35. The van der Waals surface area contributed by atoms with Crippen LogP contribution in [0, 0.1) is 5.82 Å². The van der Waals surface area contributed by atoms with Gasteiger partial charge in [0.25, 0.3) is 0 Å². The summed E-state index contributed by atoms with van der Waals surface area (Å²) in [5, 5.41) is 13.8. The van der Waals surface area contributed by atoms with Gasteiger partial charge in [-0.3, -0.25) is 0 Å². The zero-order valence-electron chi connectivity index (χ0n) is 11.9. The summed E-state index contributed by atoms with van der Waals surface area (Å²) in [5.41, 5.74) is 2.14. The zero-order valence-corrected chi connectivity index (χ0v) is 12.6. The van der Waals surface area contributed by atoms with Crippen LogP contribution in [0.25, 0.3) is 11.4 Å². The molecule has 1 N–H and O–H groups in total. The third-order valence-corrected chi connectivity index (χ3v) is 4.32. The fraction of sp³-hybridized carbons (Fsp3) is 0.500. The van der Waals surface area contributed by atoms with Gasteiger partial charge in [0, 0.05) is 13.1 Å². The van der Waals surface area contributed by atoms with Gasteiger partial charge in [-0.2, -0.15) is 5.21 Å². The van der Waals surface area contributed by atoms with E-state index >= 15 is 0 Å². The van der Waals surface area contributed by atoms with Gasteiger partial charge in [-0.15, -0.1) is 10.2 Å². The Labute approximate surface area is 131 Å². The Morgan fingerprint density at radius 2 is 2.32 bits per heavy atom. The SMILES string of the molecule is Fc1c(Cl)cc2c(c1-c1nn[nH]n1)N(CCOC1CC1)CC2. The molecule has 22 heavy (non-hydrogen) atoms. The van der Waals surface area contributed by atoms with E-state index in [0.29, 0.717) is 18.3 Å². The van der Waals surface area contributed by atoms with Gasteiger partial charge in [-0.1, -0.05) is 11.6 Å². The first-order valence-corrected chi connectivity index (χ1v) is 7.73. The van der Waals surface area contributed by atoms with E-state index in [0.717, 1.165) is 43.6 Å². The van der Waals surface area contributed by atoms with Crippen molar-refractivity contribution in [2.75, 3.05) is 24.6 Å². The van der Waals surface area contributed by atoms with Crippen LogP contribution in [0.3, 0.4) is 0 Å². The lowest BCUT2D eigenvalue weighted by Gasteiger charge is -2.22. The Morgan fingerprint density at radius 3 is 3.05 bits per heavy atom. The first kappa shape index (κ1) is 13.9. The maximum atomic E-state index is 14.5. The second kappa shape index (κ2) is 5.48. The van der Waals surface area contributed by atoms with Gasteiger partial charge in [0.2, 0.25) is 5.82 Å². The van der Waals surface area contributed by atoms with Crippen molar-refractivity contribution in [1.82, 2.24) is 20.6 Å². The average molecular weight is 324 g/mol. The molecule has 1 fully saturated rings. The minimum atomic E-state index is -0.503. The van der Waals surface area contributed by atoms with Crippen molar-refractivity contribution < 1.29 is 9.13 Å². The van der Waals surface area contributed by atoms with Crippen LogP contribution in [-0.2, 0) is 11.2 Å². The summed E-state index contributed by atoms with van der Waals surface area (Å²) in [7, 11) is 0. The van der Waals surface area contributed by atoms with Crippen LogP contribution in [0.15, 0.2) is 6.07 Å². The van der Waals surface area contributed by atoms with E-state index in [9.17, 15) is 4.39 Å². The van der Waals surface area contributed by atoms with Gasteiger partial charge in [0.05, 0.1) is 29.0 Å². The van der Waals surface area contributed by atoms with Crippen molar-refractivity contribution in [3.05, 3.63) is 22.5 Å². The summed E-state index contributed by atoms with van der Waals surface area (Å²) in [4.78, 5) is 2.11. The number of fused-ring (bicyclic) bond motifs is 1. The van der Waals surface area contributed by atoms with Crippen molar-refractivity contribution in [2.45, 2.75) is 25.4 Å². The standard InChI is InChI=1S/C14H15ClFN5O/c15-10-7-8-3-4-21(5-6-22-9-1-2-9)13(8)11(12(10)16)14-17-19-20-18-14/h7,9H,1-6H2,(H,17,18,19,20). The Bertz CT molecular complexity index is 689. The normalized spacial score (nSPS) is 17.1. The largest absolute Gasteiger partial charge is 0.376 e. The molecule has 1 aromatic carbocycles. The average Bonchev–Trinajstić information content (AvgIpc) is 3.01. The van der Waals surface area contributed by atoms with Crippen molar-refractivity contribution in [2.24, 2.45) is 0 Å². The molecule has 1 aromatic heterocycles. The number of rotatable bonds is 5. The summed E-state index contributed by atoms with van der Waals surface area (Å²) < 4.78 is 20.2. The van der Waals surface area contributed by atoms with Crippen LogP contribution >= 0.6 is 11.6 Å². The minimum Gasteiger partial charge on any atom is -0.376 e. The number of anilines is 1. The summed E-state index contributed by atoms with van der Waals surface area (Å²) >= 11 is 6.01. The topological polar surface area (TPSA) is 66.9 Å². The molecule has 1 aliphatic heterocycles. The van der Waals surface area contributed by atoms with Crippen LogP contribution in [0.5, 0.6) is 0 Å². The number of hydrogen-bond donors (Lipinski definition) is 1. The molecule has 2 aliphatic rings. The van der Waals surface area contributed by atoms with Gasteiger partial charge in [0.1, 0.15) is 0 Å². The van der Waals surface area contributed by atoms with Crippen molar-refractivity contribution in [3.63, 3.8) is 0 Å². The van der Waals surface area contributed by atoms with Crippen LogP contribution in [0.1, 0.15) is 18.4 Å². The van der Waals surface area contributed by atoms with Gasteiger partial charge in [0.15, 0.2) is 5.82 Å². The number of benzene rings is 1. The maximum Gasteiger partial charge on any atom is 0.209 e. The van der Waals surface area contributed by atoms with E-state index in [1.807, 2.05) is 0 Å². The molecule has 4 rings (SSSR count). The van der Waals surface area contributed by atoms with E-state index in [-0.39, 0.29) is 10.8 Å². The lowest BCUT2D eigenvalue weighted by Crippen LogP contribution is -2.26. The summed E-state index contributed by atoms with van der Waals surface area (Å²) in [6.07, 6.45) is 3.54. The van der Waals surface area contributed by atoms with E-state index in [4.69, 9.17) is 16.3 Å². The Kier molecular flexibility index (Phi) is 3.46. The van der Waals surface area contributed by atoms with Gasteiger partial charge in [-0.25, -0.2) is 4.39 Å². The molecule has 1 aliphatic carbocycles. The molecule has 0 amide bonds. The Balaban J connectivity index is 1.68. The second-order valence-electron chi connectivity index (χ2n) is 5.60. The molecule has 0 saturated heterocycles.